The average Bonchev–Trinajstić information content (AvgIpc) is 3.08. The molecular weight excluding hydrogens is 412 g/mol. The fourth-order valence-electron chi connectivity index (χ4n) is 3.26. The summed E-state index contributed by atoms with van der Waals surface area (Å²) < 4.78 is 14.1. The molecule has 2 aromatic heterocycles. The molecule has 1 N–H and O–H groups in total. The molecule has 0 radical (unpaired) electrons. The summed E-state index contributed by atoms with van der Waals surface area (Å²) in [6.07, 6.45) is 2.63. The third kappa shape index (κ3) is 5.27. The Morgan fingerprint density at radius 1 is 1.19 bits per heavy atom. The van der Waals surface area contributed by atoms with Crippen LogP contribution in [0.1, 0.15) is 56.2 Å². The van der Waals surface area contributed by atoms with Gasteiger partial charge in [0.05, 0.1) is 12.2 Å². The number of carbonyl (C=O) groups is 1. The molecule has 9 heteroatoms. The number of nitrogens with zero attached hydrogens (tertiary/aromatic N) is 3. The Bertz CT molecular complexity index is 1190. The SMILES string of the molecule is CCCCn1c(=O)[nH]c(=O)c2c1nc(COC(=O)c1ccc(OCCC(C)C)cc1)n2C. The minimum Gasteiger partial charge on any atom is -0.494 e. The zero-order valence-electron chi connectivity index (χ0n) is 19.0. The third-order valence-corrected chi connectivity index (χ3v) is 5.23. The van der Waals surface area contributed by atoms with E-state index < -0.39 is 17.2 Å². The topological polar surface area (TPSA) is 108 Å². The number of imidazole rings is 1. The monoisotopic (exact) mass is 442 g/mol. The fourth-order valence-corrected chi connectivity index (χ4v) is 3.26. The van der Waals surface area contributed by atoms with Crippen LogP contribution in [0.2, 0.25) is 0 Å². The molecule has 0 unspecified atom stereocenters. The van der Waals surface area contributed by atoms with Crippen molar-refractivity contribution in [1.29, 1.82) is 0 Å². The normalized spacial score (nSPS) is 11.3. The van der Waals surface area contributed by atoms with Gasteiger partial charge in [0.15, 0.2) is 11.2 Å². The van der Waals surface area contributed by atoms with Gasteiger partial charge in [0.1, 0.15) is 18.2 Å². The number of esters is 1. The maximum atomic E-state index is 12.5. The molecule has 0 saturated heterocycles. The van der Waals surface area contributed by atoms with Crippen LogP contribution in [0.3, 0.4) is 0 Å². The van der Waals surface area contributed by atoms with Gasteiger partial charge in [0.2, 0.25) is 0 Å². The number of nitrogens with one attached hydrogen (secondary N) is 1. The molecule has 0 amide bonds. The molecule has 0 fully saturated rings. The highest BCUT2D eigenvalue weighted by Crippen LogP contribution is 2.16. The summed E-state index contributed by atoms with van der Waals surface area (Å²) in [5.74, 6) is 1.12. The van der Waals surface area contributed by atoms with Gasteiger partial charge in [-0.05, 0) is 43.0 Å². The van der Waals surface area contributed by atoms with E-state index in [1.165, 1.54) is 4.57 Å². The minimum atomic E-state index is -0.515. The molecule has 0 bridgehead atoms. The van der Waals surface area contributed by atoms with Gasteiger partial charge in [-0.3, -0.25) is 14.3 Å². The highest BCUT2D eigenvalue weighted by molar-refractivity contribution is 5.89. The summed E-state index contributed by atoms with van der Waals surface area (Å²) in [6, 6.07) is 6.76. The fraction of sp³-hybridized carbons (Fsp3) is 0.478. The number of carbonyl (C=O) groups excluding carboxylic acids is 1. The zero-order chi connectivity index (χ0) is 23.3. The lowest BCUT2D eigenvalue weighted by Gasteiger charge is -2.09. The van der Waals surface area contributed by atoms with E-state index in [0.717, 1.165) is 19.3 Å². The van der Waals surface area contributed by atoms with Crippen molar-refractivity contribution in [3.8, 4) is 5.75 Å². The molecule has 3 rings (SSSR count). The van der Waals surface area contributed by atoms with Crippen LogP contribution in [0.5, 0.6) is 5.75 Å². The maximum Gasteiger partial charge on any atom is 0.338 e. The average molecular weight is 443 g/mol. The van der Waals surface area contributed by atoms with E-state index >= 15 is 0 Å². The van der Waals surface area contributed by atoms with E-state index in [4.69, 9.17) is 9.47 Å². The van der Waals surface area contributed by atoms with Crippen LogP contribution in [0.25, 0.3) is 11.2 Å². The number of aryl methyl sites for hydroxylation is 2. The van der Waals surface area contributed by atoms with Crippen LogP contribution < -0.4 is 16.0 Å². The number of rotatable bonds is 10. The lowest BCUT2D eigenvalue weighted by molar-refractivity contribution is 0.0459. The summed E-state index contributed by atoms with van der Waals surface area (Å²) >= 11 is 0. The van der Waals surface area contributed by atoms with Crippen LogP contribution in [0, 0.1) is 5.92 Å². The van der Waals surface area contributed by atoms with Gasteiger partial charge in [-0.2, -0.15) is 0 Å². The van der Waals surface area contributed by atoms with Gasteiger partial charge < -0.3 is 14.0 Å². The number of fused-ring (bicyclic) bond motifs is 1. The van der Waals surface area contributed by atoms with Crippen molar-refractivity contribution in [1.82, 2.24) is 19.1 Å². The van der Waals surface area contributed by atoms with E-state index in [0.29, 0.717) is 41.9 Å². The molecule has 0 saturated carbocycles. The van der Waals surface area contributed by atoms with Gasteiger partial charge in [0.25, 0.3) is 5.56 Å². The van der Waals surface area contributed by atoms with Crippen molar-refractivity contribution >= 4 is 17.1 Å². The van der Waals surface area contributed by atoms with E-state index in [1.54, 1.807) is 35.9 Å². The molecule has 0 atom stereocenters. The Morgan fingerprint density at radius 2 is 1.91 bits per heavy atom. The van der Waals surface area contributed by atoms with Gasteiger partial charge >= 0.3 is 11.7 Å². The molecular formula is C23H30N4O5. The van der Waals surface area contributed by atoms with Gasteiger partial charge in [-0.25, -0.2) is 14.6 Å². The summed E-state index contributed by atoms with van der Waals surface area (Å²) in [4.78, 5) is 43.8. The van der Waals surface area contributed by atoms with Crippen LogP contribution in [-0.2, 0) is 24.9 Å². The van der Waals surface area contributed by atoms with Crippen molar-refractivity contribution in [3.63, 3.8) is 0 Å². The highest BCUT2D eigenvalue weighted by Gasteiger charge is 2.18. The van der Waals surface area contributed by atoms with Crippen molar-refractivity contribution in [2.24, 2.45) is 13.0 Å². The Kier molecular flexibility index (Phi) is 7.50. The smallest absolute Gasteiger partial charge is 0.338 e. The predicted octanol–water partition coefficient (Wildman–Crippen LogP) is 3.01. The first kappa shape index (κ1) is 23.3. The lowest BCUT2D eigenvalue weighted by atomic mass is 10.1. The van der Waals surface area contributed by atoms with Crippen LogP contribution >= 0.6 is 0 Å². The number of ether oxygens (including phenoxy) is 2. The highest BCUT2D eigenvalue weighted by atomic mass is 16.5. The molecule has 172 valence electrons. The lowest BCUT2D eigenvalue weighted by Crippen LogP contribution is -2.31. The molecule has 3 aromatic rings. The number of hydrogen-bond acceptors (Lipinski definition) is 6. The van der Waals surface area contributed by atoms with Gasteiger partial charge in [-0.1, -0.05) is 27.2 Å². The second-order valence-electron chi connectivity index (χ2n) is 8.16. The first-order chi connectivity index (χ1) is 15.3. The number of aromatic nitrogens is 4. The molecule has 0 aliphatic rings. The summed E-state index contributed by atoms with van der Waals surface area (Å²) in [5.41, 5.74) is -0.0531. The Balaban J connectivity index is 1.72. The minimum absolute atomic E-state index is 0.127. The van der Waals surface area contributed by atoms with Crippen molar-refractivity contribution in [2.75, 3.05) is 6.61 Å². The van der Waals surface area contributed by atoms with Crippen molar-refractivity contribution < 1.29 is 14.3 Å². The second kappa shape index (κ2) is 10.3. The van der Waals surface area contributed by atoms with Crippen molar-refractivity contribution in [2.45, 2.75) is 53.2 Å². The van der Waals surface area contributed by atoms with Gasteiger partial charge in [0, 0.05) is 13.6 Å². The van der Waals surface area contributed by atoms with E-state index in [1.807, 2.05) is 6.92 Å². The Labute approximate surface area is 186 Å². The third-order valence-electron chi connectivity index (χ3n) is 5.23. The van der Waals surface area contributed by atoms with Gasteiger partial charge in [-0.15, -0.1) is 0 Å². The second-order valence-corrected chi connectivity index (χ2v) is 8.16. The number of unbranched alkanes of at least 4 members (excludes halogenated alkanes) is 1. The first-order valence-electron chi connectivity index (χ1n) is 10.9. The van der Waals surface area contributed by atoms with Crippen LogP contribution in [-0.4, -0.2) is 31.7 Å². The van der Waals surface area contributed by atoms with Crippen molar-refractivity contribution in [3.05, 3.63) is 56.5 Å². The molecule has 0 spiro atoms. The summed E-state index contributed by atoms with van der Waals surface area (Å²) in [5, 5.41) is 0. The number of benzene rings is 1. The standard InChI is InChI=1S/C23H30N4O5/c1-5-6-12-27-20-19(21(28)25-23(27)30)26(4)18(24-20)14-32-22(29)16-7-9-17(10-8-16)31-13-11-15(2)3/h7-10,15H,5-6,11-14H2,1-4H3,(H,25,28,30). The summed E-state index contributed by atoms with van der Waals surface area (Å²) in [6.45, 7) is 7.22. The maximum absolute atomic E-state index is 12.5. The Hall–Kier alpha value is -3.36. The van der Waals surface area contributed by atoms with E-state index in [9.17, 15) is 14.4 Å². The first-order valence-corrected chi connectivity index (χ1v) is 10.9. The number of hydrogen-bond donors (Lipinski definition) is 1. The molecule has 1 aromatic carbocycles. The quantitative estimate of drug-likeness (QED) is 0.484. The molecule has 32 heavy (non-hydrogen) atoms. The van der Waals surface area contributed by atoms with Crippen LogP contribution in [0.15, 0.2) is 33.9 Å². The van der Waals surface area contributed by atoms with E-state index in [2.05, 4.69) is 23.8 Å². The van der Waals surface area contributed by atoms with Crippen LogP contribution in [0.4, 0.5) is 0 Å². The molecule has 0 aliphatic carbocycles. The van der Waals surface area contributed by atoms with E-state index in [-0.39, 0.29) is 12.1 Å². The Morgan fingerprint density at radius 3 is 2.56 bits per heavy atom. The number of aromatic amines is 1. The summed E-state index contributed by atoms with van der Waals surface area (Å²) in [7, 11) is 1.66. The largest absolute Gasteiger partial charge is 0.494 e. The number of H-pyrrole nitrogens is 1. The molecule has 0 aliphatic heterocycles. The molecule has 9 nitrogen and oxygen atoms in total. The molecule has 2 heterocycles. The predicted molar refractivity (Wildman–Crippen MR) is 121 cm³/mol. The zero-order valence-corrected chi connectivity index (χ0v) is 19.0.